The number of carbonyl (C=O) groups excluding carboxylic acids is 1. The van der Waals surface area contributed by atoms with Crippen molar-refractivity contribution in [1.29, 1.82) is 0 Å². The highest BCUT2D eigenvalue weighted by Gasteiger charge is 2.36. The molecule has 192 valence electrons. The third-order valence-corrected chi connectivity index (χ3v) is 8.67. The van der Waals surface area contributed by atoms with Gasteiger partial charge in [-0.25, -0.2) is 15.1 Å². The van der Waals surface area contributed by atoms with Crippen molar-refractivity contribution < 1.29 is 27.6 Å². The molecule has 0 aliphatic heterocycles. The Morgan fingerprint density at radius 1 is 1.29 bits per heavy atom. The zero-order valence-corrected chi connectivity index (χ0v) is 21.4. The van der Waals surface area contributed by atoms with Crippen LogP contribution in [0.15, 0.2) is 18.6 Å². The highest BCUT2D eigenvalue weighted by molar-refractivity contribution is 7.84. The van der Waals surface area contributed by atoms with Crippen LogP contribution in [0.4, 0.5) is 5.82 Å². The number of hydrogen-bond acceptors (Lipinski definition) is 10. The van der Waals surface area contributed by atoms with Crippen LogP contribution >= 0.6 is 22.9 Å². The van der Waals surface area contributed by atoms with Gasteiger partial charge in [0.1, 0.15) is 12.1 Å². The first kappa shape index (κ1) is 26.4. The van der Waals surface area contributed by atoms with E-state index in [1.54, 1.807) is 6.07 Å². The number of carbonyl (C=O) groups is 1. The number of aromatic nitrogens is 2. The fourth-order valence-corrected chi connectivity index (χ4v) is 6.56. The Morgan fingerprint density at radius 2 is 2.03 bits per heavy atom. The van der Waals surface area contributed by atoms with Gasteiger partial charge in [-0.15, -0.1) is 11.3 Å². The van der Waals surface area contributed by atoms with Crippen LogP contribution in [0.25, 0.3) is 0 Å². The summed E-state index contributed by atoms with van der Waals surface area (Å²) < 4.78 is 27.1. The molecule has 2 aromatic rings. The van der Waals surface area contributed by atoms with Crippen LogP contribution in [0.5, 0.6) is 0 Å². The normalized spacial score (nSPS) is 24.4. The predicted octanol–water partition coefficient (Wildman–Crippen LogP) is 2.81. The predicted molar refractivity (Wildman–Crippen MR) is 132 cm³/mol. The monoisotopic (exact) mass is 544 g/mol. The molecule has 0 amide bonds. The summed E-state index contributed by atoms with van der Waals surface area (Å²) >= 11 is 7.54. The average molecular weight is 545 g/mol. The molecule has 2 fully saturated rings. The first-order chi connectivity index (χ1) is 16.6. The zero-order chi connectivity index (χ0) is 25.2. The highest BCUT2D eigenvalue weighted by atomic mass is 35.5. The molecule has 2 aliphatic carbocycles. The Labute approximate surface area is 213 Å². The van der Waals surface area contributed by atoms with Gasteiger partial charge in [-0.3, -0.25) is 8.98 Å². The topological polar surface area (TPSA) is 165 Å². The van der Waals surface area contributed by atoms with Gasteiger partial charge in [0.15, 0.2) is 0 Å². The van der Waals surface area contributed by atoms with Crippen LogP contribution in [-0.2, 0) is 14.5 Å². The van der Waals surface area contributed by atoms with Gasteiger partial charge in [0.05, 0.1) is 39.6 Å². The van der Waals surface area contributed by atoms with Gasteiger partial charge in [-0.05, 0) is 37.7 Å². The molecule has 10 nitrogen and oxygen atoms in total. The Morgan fingerprint density at radius 3 is 2.74 bits per heavy atom. The van der Waals surface area contributed by atoms with E-state index in [4.69, 9.17) is 16.7 Å². The number of nitrogens with two attached hydrogens (primary N) is 1. The Hall–Kier alpha value is -1.67. The summed E-state index contributed by atoms with van der Waals surface area (Å²) in [7, 11) is -4.10. The molecule has 13 heteroatoms. The molecule has 0 saturated heterocycles. The number of nitrogens with zero attached hydrogens (tertiary/aromatic N) is 2. The van der Waals surface area contributed by atoms with Crippen molar-refractivity contribution >= 4 is 44.8 Å². The summed E-state index contributed by atoms with van der Waals surface area (Å²) in [6, 6.07) is 1.18. The van der Waals surface area contributed by atoms with Gasteiger partial charge in [0.25, 0.3) is 0 Å². The summed E-state index contributed by atoms with van der Waals surface area (Å²) in [5.74, 6) is -0.400. The highest BCUT2D eigenvalue weighted by Crippen LogP contribution is 2.41. The van der Waals surface area contributed by atoms with Gasteiger partial charge < -0.3 is 15.5 Å². The molecule has 2 aliphatic rings. The van der Waals surface area contributed by atoms with Crippen LogP contribution in [0.1, 0.15) is 71.8 Å². The van der Waals surface area contributed by atoms with E-state index >= 15 is 0 Å². The summed E-state index contributed by atoms with van der Waals surface area (Å²) in [5, 5.41) is 29.5. The van der Waals surface area contributed by atoms with E-state index < -0.39 is 34.5 Å². The lowest BCUT2D eigenvalue weighted by atomic mass is 9.83. The van der Waals surface area contributed by atoms with Crippen LogP contribution in [0.3, 0.4) is 0 Å². The number of aliphatic hydroxyl groups is 2. The molecule has 2 heterocycles. The molecular formula is C22H29ClN4O6S2. The van der Waals surface area contributed by atoms with E-state index in [-0.39, 0.29) is 29.7 Å². The maximum absolute atomic E-state index is 13.4. The molecule has 2 saturated carbocycles. The largest absolute Gasteiger partial charge is 0.391 e. The summed E-state index contributed by atoms with van der Waals surface area (Å²) in [5.41, 5.74) is 0.780. The van der Waals surface area contributed by atoms with E-state index in [0.29, 0.717) is 27.6 Å². The quantitative estimate of drug-likeness (QED) is 0.347. The second kappa shape index (κ2) is 11.2. The lowest BCUT2D eigenvalue weighted by Crippen LogP contribution is -2.35. The van der Waals surface area contributed by atoms with Crippen LogP contribution in [0.2, 0.25) is 4.34 Å². The fourth-order valence-electron chi connectivity index (χ4n) is 4.90. The Balaban J connectivity index is 1.48. The number of halogens is 1. The summed E-state index contributed by atoms with van der Waals surface area (Å²) in [6.07, 6.45) is 7.26. The zero-order valence-electron chi connectivity index (χ0n) is 19.0. The third kappa shape index (κ3) is 6.37. The van der Waals surface area contributed by atoms with Crippen LogP contribution in [-0.4, -0.2) is 53.1 Å². The molecule has 35 heavy (non-hydrogen) atoms. The maximum Gasteiger partial charge on any atom is 0.333 e. The van der Waals surface area contributed by atoms with Crippen molar-refractivity contribution in [2.75, 3.05) is 11.9 Å². The van der Waals surface area contributed by atoms with Gasteiger partial charge in [-0.2, -0.15) is 8.42 Å². The Bertz CT molecular complexity index is 1150. The van der Waals surface area contributed by atoms with Crippen molar-refractivity contribution in [3.05, 3.63) is 38.9 Å². The first-order valence-electron chi connectivity index (χ1n) is 11.6. The molecule has 0 bridgehead atoms. The number of rotatable bonds is 9. The van der Waals surface area contributed by atoms with Crippen LogP contribution < -0.4 is 10.5 Å². The fraction of sp³-hybridized carbons (Fsp3) is 0.591. The number of ketones is 1. The molecule has 5 N–H and O–H groups in total. The van der Waals surface area contributed by atoms with Gasteiger partial charge in [0, 0.05) is 17.7 Å². The second-order valence-electron chi connectivity index (χ2n) is 9.15. The van der Waals surface area contributed by atoms with E-state index in [2.05, 4.69) is 19.5 Å². The minimum atomic E-state index is -4.10. The summed E-state index contributed by atoms with van der Waals surface area (Å²) in [4.78, 5) is 21.9. The minimum absolute atomic E-state index is 0.131. The molecule has 4 rings (SSSR count). The van der Waals surface area contributed by atoms with Gasteiger partial charge in [0.2, 0.25) is 5.78 Å². The van der Waals surface area contributed by atoms with Crippen molar-refractivity contribution in [3.8, 4) is 0 Å². The number of anilines is 1. The van der Waals surface area contributed by atoms with E-state index in [1.165, 1.54) is 18.9 Å². The molecule has 2 aromatic heterocycles. The SMILES string of the molecule is NS(=O)(=O)OC[C@H]1CCC(Nc2ncncc2C(=O)c2cc(C(O)C3CCCCC3)c(Cl)s2)[C@@H]1O. The molecule has 0 spiro atoms. The molecule has 2 unspecified atom stereocenters. The molecule has 0 aromatic carbocycles. The van der Waals surface area contributed by atoms with Crippen molar-refractivity contribution in [3.63, 3.8) is 0 Å². The van der Waals surface area contributed by atoms with Crippen molar-refractivity contribution in [2.45, 2.75) is 63.2 Å². The van der Waals surface area contributed by atoms with E-state index in [1.807, 2.05) is 0 Å². The van der Waals surface area contributed by atoms with Gasteiger partial charge >= 0.3 is 10.3 Å². The first-order valence-corrected chi connectivity index (χ1v) is 14.2. The number of hydrogen-bond donors (Lipinski definition) is 4. The maximum atomic E-state index is 13.4. The van der Waals surface area contributed by atoms with Crippen LogP contribution in [0, 0.1) is 11.8 Å². The standard InChI is InChI=1S/C22H29ClN4O6S2/c23-21-14(18(28)12-4-2-1-3-5-12)8-17(34-21)20(30)15-9-25-11-26-22(15)27-16-7-6-13(19(16)29)10-33-35(24,31)32/h8-9,11-13,16,18-19,28-29H,1-7,10H2,(H2,24,31,32)(H,25,26,27)/t13-,16?,18?,19-/m1/s1. The Kier molecular flexibility index (Phi) is 8.41. The molecule has 0 radical (unpaired) electrons. The molecule has 4 atom stereocenters. The lowest BCUT2D eigenvalue weighted by molar-refractivity contribution is 0.0852. The van der Waals surface area contributed by atoms with E-state index in [0.717, 1.165) is 37.0 Å². The average Bonchev–Trinajstić information content (AvgIpc) is 3.39. The number of aliphatic hydroxyl groups excluding tert-OH is 2. The smallest absolute Gasteiger partial charge is 0.333 e. The van der Waals surface area contributed by atoms with Gasteiger partial charge in [-0.1, -0.05) is 30.9 Å². The summed E-state index contributed by atoms with van der Waals surface area (Å²) in [6.45, 7) is -0.229. The number of nitrogens with one attached hydrogen (secondary N) is 1. The second-order valence-corrected chi connectivity index (χ2v) is 12.0. The van der Waals surface area contributed by atoms with Crippen molar-refractivity contribution in [1.82, 2.24) is 9.97 Å². The van der Waals surface area contributed by atoms with Crippen molar-refractivity contribution in [2.24, 2.45) is 17.0 Å². The minimum Gasteiger partial charge on any atom is -0.391 e. The van der Waals surface area contributed by atoms with E-state index in [9.17, 15) is 23.4 Å². The third-order valence-electron chi connectivity index (χ3n) is 6.82. The number of thiophene rings is 1. The molecular weight excluding hydrogens is 516 g/mol. The lowest BCUT2D eigenvalue weighted by Gasteiger charge is -2.26.